The van der Waals surface area contributed by atoms with Gasteiger partial charge in [0.1, 0.15) is 6.10 Å². The monoisotopic (exact) mass is 286 g/mol. The fourth-order valence-corrected chi connectivity index (χ4v) is 2.34. The molecule has 0 spiro atoms. The summed E-state index contributed by atoms with van der Waals surface area (Å²) in [6.07, 6.45) is 0.115. The van der Waals surface area contributed by atoms with Gasteiger partial charge in [-0.3, -0.25) is 4.90 Å². The number of likely N-dealkylation sites (N-methyl/N-ethyl adjacent to an activating group) is 1. The highest BCUT2D eigenvalue weighted by Crippen LogP contribution is 2.38. The third-order valence-corrected chi connectivity index (χ3v) is 3.40. The summed E-state index contributed by atoms with van der Waals surface area (Å²) in [6.45, 7) is 1.55. The lowest BCUT2D eigenvalue weighted by Gasteiger charge is -2.37. The van der Waals surface area contributed by atoms with E-state index in [1.165, 1.54) is 0 Å². The van der Waals surface area contributed by atoms with Crippen molar-refractivity contribution in [2.45, 2.75) is 12.1 Å². The molecule has 1 atom stereocenters. The summed E-state index contributed by atoms with van der Waals surface area (Å²) in [4.78, 5) is 2.15. The van der Waals surface area contributed by atoms with Crippen molar-refractivity contribution in [3.8, 4) is 11.5 Å². The molecule has 1 aliphatic heterocycles. The van der Waals surface area contributed by atoms with Gasteiger partial charge in [-0.2, -0.15) is 0 Å². The number of rotatable bonds is 5. The Morgan fingerprint density at radius 3 is 2.74 bits per heavy atom. The van der Waals surface area contributed by atoms with Crippen LogP contribution in [0.15, 0.2) is 12.1 Å². The van der Waals surface area contributed by atoms with E-state index in [0.717, 1.165) is 13.1 Å². The molecule has 1 aromatic carbocycles. The Morgan fingerprint density at radius 1 is 1.53 bits per heavy atom. The van der Waals surface area contributed by atoms with Crippen molar-refractivity contribution < 1.29 is 14.6 Å². The first-order valence-corrected chi connectivity index (χ1v) is 6.52. The lowest BCUT2D eigenvalue weighted by atomic mass is 10.1. The molecule has 1 unspecified atom stereocenters. The third kappa shape index (κ3) is 3.12. The fraction of sp³-hybridized carbons (Fsp3) is 0.538. The number of aliphatic hydroxyl groups is 1. The van der Waals surface area contributed by atoms with E-state index in [0.29, 0.717) is 22.1 Å². The van der Waals surface area contributed by atoms with Crippen LogP contribution in [0.1, 0.15) is 11.6 Å². The summed E-state index contributed by atoms with van der Waals surface area (Å²) in [5.41, 5.74) is 6.56. The number of methoxy groups -OCH3 is 1. The van der Waals surface area contributed by atoms with Crippen LogP contribution < -0.4 is 15.2 Å². The Labute approximate surface area is 117 Å². The molecule has 6 heteroatoms. The van der Waals surface area contributed by atoms with Crippen molar-refractivity contribution in [1.29, 1.82) is 0 Å². The van der Waals surface area contributed by atoms with Gasteiger partial charge in [0.05, 0.1) is 19.8 Å². The number of nitrogens with zero attached hydrogens (tertiary/aromatic N) is 1. The number of likely N-dealkylation sites (tertiary alicyclic amines) is 1. The van der Waals surface area contributed by atoms with Crippen LogP contribution in [0.3, 0.4) is 0 Å². The highest BCUT2D eigenvalue weighted by atomic mass is 35.5. The van der Waals surface area contributed by atoms with E-state index in [4.69, 9.17) is 26.8 Å². The predicted molar refractivity (Wildman–Crippen MR) is 73.9 cm³/mol. The standard InChI is InChI=1S/C13H19ClN2O3/c1-16-5-9(6-16)19-13-10(11(15)7-17)3-8(14)4-12(13)18-2/h3-4,9,11,17H,5-7,15H2,1-2H3. The van der Waals surface area contributed by atoms with E-state index >= 15 is 0 Å². The quantitative estimate of drug-likeness (QED) is 0.846. The van der Waals surface area contributed by atoms with Gasteiger partial charge in [0, 0.05) is 29.7 Å². The summed E-state index contributed by atoms with van der Waals surface area (Å²) >= 11 is 6.03. The molecule has 2 rings (SSSR count). The van der Waals surface area contributed by atoms with Gasteiger partial charge in [-0.05, 0) is 13.1 Å². The summed E-state index contributed by atoms with van der Waals surface area (Å²) in [7, 11) is 3.58. The minimum atomic E-state index is -0.541. The maximum atomic E-state index is 9.24. The van der Waals surface area contributed by atoms with E-state index in [1.54, 1.807) is 19.2 Å². The van der Waals surface area contributed by atoms with Gasteiger partial charge in [0.25, 0.3) is 0 Å². The number of aliphatic hydroxyl groups excluding tert-OH is 1. The lowest BCUT2D eigenvalue weighted by Crippen LogP contribution is -2.51. The fourth-order valence-electron chi connectivity index (χ4n) is 2.12. The van der Waals surface area contributed by atoms with E-state index in [1.807, 2.05) is 7.05 Å². The first-order chi connectivity index (χ1) is 9.05. The Kier molecular flexibility index (Phi) is 4.52. The smallest absolute Gasteiger partial charge is 0.166 e. The van der Waals surface area contributed by atoms with Gasteiger partial charge in [-0.1, -0.05) is 11.6 Å². The van der Waals surface area contributed by atoms with Crippen LogP contribution in [-0.4, -0.2) is 50.0 Å². The molecule has 1 fully saturated rings. The molecule has 106 valence electrons. The van der Waals surface area contributed by atoms with Gasteiger partial charge in [0.15, 0.2) is 11.5 Å². The molecule has 0 amide bonds. The summed E-state index contributed by atoms with van der Waals surface area (Å²) in [6, 6.07) is 2.86. The maximum absolute atomic E-state index is 9.24. The molecule has 3 N–H and O–H groups in total. The van der Waals surface area contributed by atoms with E-state index in [-0.39, 0.29) is 12.7 Å². The van der Waals surface area contributed by atoms with E-state index in [9.17, 15) is 5.11 Å². The molecule has 0 radical (unpaired) electrons. The first kappa shape index (κ1) is 14.4. The summed E-state index contributed by atoms with van der Waals surface area (Å²) < 4.78 is 11.2. The number of nitrogens with two attached hydrogens (primary N) is 1. The van der Waals surface area contributed by atoms with Crippen LogP contribution in [0, 0.1) is 0 Å². The highest BCUT2D eigenvalue weighted by Gasteiger charge is 2.28. The van der Waals surface area contributed by atoms with Crippen molar-refractivity contribution in [2.24, 2.45) is 5.73 Å². The van der Waals surface area contributed by atoms with Crippen LogP contribution in [0.25, 0.3) is 0 Å². The van der Waals surface area contributed by atoms with Gasteiger partial charge in [0.2, 0.25) is 0 Å². The zero-order valence-corrected chi connectivity index (χ0v) is 11.9. The molecule has 0 bridgehead atoms. The number of hydrogen-bond donors (Lipinski definition) is 2. The van der Waals surface area contributed by atoms with E-state index in [2.05, 4.69) is 4.90 Å². The number of halogens is 1. The topological polar surface area (TPSA) is 68.0 Å². The molecular formula is C13H19ClN2O3. The lowest BCUT2D eigenvalue weighted by molar-refractivity contribution is 0.0357. The Bertz CT molecular complexity index is 450. The van der Waals surface area contributed by atoms with Crippen LogP contribution in [0.5, 0.6) is 11.5 Å². The number of ether oxygens (including phenoxy) is 2. The molecular weight excluding hydrogens is 268 g/mol. The van der Waals surface area contributed by atoms with Crippen molar-refractivity contribution in [1.82, 2.24) is 4.90 Å². The SMILES string of the molecule is COc1cc(Cl)cc(C(N)CO)c1OC1CN(C)C1. The second kappa shape index (κ2) is 5.96. The average Bonchev–Trinajstić information content (AvgIpc) is 2.37. The number of hydrogen-bond acceptors (Lipinski definition) is 5. The Hall–Kier alpha value is -1.01. The van der Waals surface area contributed by atoms with Crippen LogP contribution in [0.2, 0.25) is 5.02 Å². The average molecular weight is 287 g/mol. The molecule has 0 aliphatic carbocycles. The van der Waals surface area contributed by atoms with E-state index < -0.39 is 6.04 Å². The van der Waals surface area contributed by atoms with Gasteiger partial charge in [-0.15, -0.1) is 0 Å². The Morgan fingerprint density at radius 2 is 2.21 bits per heavy atom. The normalized spacial score (nSPS) is 17.9. The number of benzene rings is 1. The van der Waals surface area contributed by atoms with Crippen molar-refractivity contribution >= 4 is 11.6 Å². The molecule has 1 saturated heterocycles. The van der Waals surface area contributed by atoms with Crippen molar-refractivity contribution in [3.63, 3.8) is 0 Å². The minimum absolute atomic E-state index is 0.115. The first-order valence-electron chi connectivity index (χ1n) is 6.14. The Balaban J connectivity index is 2.31. The second-order valence-electron chi connectivity index (χ2n) is 4.78. The van der Waals surface area contributed by atoms with Crippen LogP contribution in [-0.2, 0) is 0 Å². The zero-order valence-electron chi connectivity index (χ0n) is 11.1. The minimum Gasteiger partial charge on any atom is -0.493 e. The van der Waals surface area contributed by atoms with Crippen molar-refractivity contribution in [2.75, 3.05) is 33.9 Å². The zero-order chi connectivity index (χ0) is 14.0. The van der Waals surface area contributed by atoms with Crippen molar-refractivity contribution in [3.05, 3.63) is 22.7 Å². The second-order valence-corrected chi connectivity index (χ2v) is 5.21. The van der Waals surface area contributed by atoms with Crippen LogP contribution in [0.4, 0.5) is 0 Å². The van der Waals surface area contributed by atoms with Gasteiger partial charge < -0.3 is 20.3 Å². The van der Waals surface area contributed by atoms with Gasteiger partial charge in [-0.25, -0.2) is 0 Å². The predicted octanol–water partition coefficient (Wildman–Crippen LogP) is 1.03. The third-order valence-electron chi connectivity index (χ3n) is 3.18. The summed E-state index contributed by atoms with van der Waals surface area (Å²) in [5, 5.41) is 9.75. The largest absolute Gasteiger partial charge is 0.493 e. The molecule has 0 saturated carbocycles. The molecule has 0 aromatic heterocycles. The molecule has 1 aromatic rings. The summed E-state index contributed by atoms with van der Waals surface area (Å²) in [5.74, 6) is 1.12. The molecule has 19 heavy (non-hydrogen) atoms. The van der Waals surface area contributed by atoms with Gasteiger partial charge >= 0.3 is 0 Å². The molecule has 5 nitrogen and oxygen atoms in total. The maximum Gasteiger partial charge on any atom is 0.166 e. The van der Waals surface area contributed by atoms with Crippen LogP contribution >= 0.6 is 11.6 Å². The molecule has 1 aliphatic rings. The highest BCUT2D eigenvalue weighted by molar-refractivity contribution is 6.30. The molecule has 1 heterocycles.